The Kier molecular flexibility index (Phi) is 4.22. The van der Waals surface area contributed by atoms with Gasteiger partial charge in [0.2, 0.25) is 12.7 Å². The normalized spacial score (nSPS) is 20.7. The minimum atomic E-state index is -0.507. The van der Waals surface area contributed by atoms with Gasteiger partial charge in [-0.15, -0.1) is 0 Å². The standard InChI is InChI=1S/C17H20N2O6/c20-15(19-5-3-17(4-6-19)24-7-8-25-17)10-18-16(21)12-1-2-13-14(9-12)23-11-22-13/h1-2,9H,3-8,10-11H2,(H,18,21). The molecule has 0 aromatic heterocycles. The fraction of sp³-hybridized carbons (Fsp3) is 0.529. The highest BCUT2D eigenvalue weighted by molar-refractivity contribution is 5.97. The number of amides is 2. The van der Waals surface area contributed by atoms with Crippen LogP contribution in [0.3, 0.4) is 0 Å². The largest absolute Gasteiger partial charge is 0.454 e. The van der Waals surface area contributed by atoms with Gasteiger partial charge in [-0.1, -0.05) is 0 Å². The first-order valence-corrected chi connectivity index (χ1v) is 8.39. The molecular formula is C17H20N2O6. The predicted octanol–water partition coefficient (Wildman–Crippen LogP) is 0.511. The van der Waals surface area contributed by atoms with Crippen molar-refractivity contribution in [1.29, 1.82) is 0 Å². The molecule has 1 aromatic carbocycles. The van der Waals surface area contributed by atoms with Crippen molar-refractivity contribution in [3.63, 3.8) is 0 Å². The van der Waals surface area contributed by atoms with Gasteiger partial charge in [-0.05, 0) is 18.2 Å². The van der Waals surface area contributed by atoms with Crippen LogP contribution in [0.4, 0.5) is 0 Å². The number of rotatable bonds is 3. The minimum absolute atomic E-state index is 0.0397. The van der Waals surface area contributed by atoms with Gasteiger partial charge in [0.25, 0.3) is 5.91 Å². The summed E-state index contributed by atoms with van der Waals surface area (Å²) in [6, 6.07) is 4.94. The zero-order chi connectivity index (χ0) is 17.3. The van der Waals surface area contributed by atoms with Crippen LogP contribution in [0.1, 0.15) is 23.2 Å². The third-order valence-electron chi connectivity index (χ3n) is 4.73. The van der Waals surface area contributed by atoms with Crippen LogP contribution < -0.4 is 14.8 Å². The van der Waals surface area contributed by atoms with E-state index in [9.17, 15) is 9.59 Å². The van der Waals surface area contributed by atoms with E-state index < -0.39 is 5.79 Å². The third-order valence-corrected chi connectivity index (χ3v) is 4.73. The Labute approximate surface area is 145 Å². The first kappa shape index (κ1) is 16.2. The molecule has 2 saturated heterocycles. The summed E-state index contributed by atoms with van der Waals surface area (Å²) in [7, 11) is 0. The zero-order valence-electron chi connectivity index (χ0n) is 13.8. The summed E-state index contributed by atoms with van der Waals surface area (Å²) in [4.78, 5) is 26.3. The van der Waals surface area contributed by atoms with Crippen molar-refractivity contribution >= 4 is 11.8 Å². The van der Waals surface area contributed by atoms with Crippen molar-refractivity contribution < 1.29 is 28.5 Å². The first-order chi connectivity index (χ1) is 12.2. The molecule has 0 aliphatic carbocycles. The van der Waals surface area contributed by atoms with Crippen LogP contribution in [0.25, 0.3) is 0 Å². The van der Waals surface area contributed by atoms with Crippen molar-refractivity contribution in [1.82, 2.24) is 10.2 Å². The van der Waals surface area contributed by atoms with Crippen LogP contribution in [-0.2, 0) is 14.3 Å². The van der Waals surface area contributed by atoms with Gasteiger partial charge in [-0.2, -0.15) is 0 Å². The van der Waals surface area contributed by atoms with Crippen LogP contribution in [-0.4, -0.2) is 62.1 Å². The molecule has 0 unspecified atom stereocenters. The average Bonchev–Trinajstić information content (AvgIpc) is 3.29. The Morgan fingerprint density at radius 2 is 1.80 bits per heavy atom. The lowest BCUT2D eigenvalue weighted by Gasteiger charge is -2.37. The molecule has 3 aliphatic rings. The van der Waals surface area contributed by atoms with Crippen LogP contribution in [0, 0.1) is 0 Å². The van der Waals surface area contributed by atoms with Crippen LogP contribution >= 0.6 is 0 Å². The first-order valence-electron chi connectivity index (χ1n) is 8.39. The molecule has 0 saturated carbocycles. The Morgan fingerprint density at radius 3 is 2.56 bits per heavy atom. The maximum absolute atomic E-state index is 12.3. The zero-order valence-corrected chi connectivity index (χ0v) is 13.8. The van der Waals surface area contributed by atoms with Gasteiger partial charge in [-0.3, -0.25) is 9.59 Å². The summed E-state index contributed by atoms with van der Waals surface area (Å²) in [5, 5.41) is 2.66. The molecule has 1 spiro atoms. The fourth-order valence-corrected chi connectivity index (χ4v) is 3.29. The Bertz CT molecular complexity index is 676. The second-order valence-corrected chi connectivity index (χ2v) is 6.24. The van der Waals surface area contributed by atoms with E-state index in [0.29, 0.717) is 56.2 Å². The topological polar surface area (TPSA) is 86.3 Å². The molecule has 25 heavy (non-hydrogen) atoms. The molecule has 0 atom stereocenters. The molecule has 8 heteroatoms. The van der Waals surface area contributed by atoms with E-state index in [1.165, 1.54) is 0 Å². The van der Waals surface area contributed by atoms with E-state index in [1.807, 2.05) is 0 Å². The molecule has 3 aliphatic heterocycles. The van der Waals surface area contributed by atoms with Crippen molar-refractivity contribution in [3.8, 4) is 11.5 Å². The van der Waals surface area contributed by atoms with Crippen LogP contribution in [0.5, 0.6) is 11.5 Å². The number of ether oxygens (including phenoxy) is 4. The van der Waals surface area contributed by atoms with E-state index in [0.717, 1.165) is 0 Å². The molecule has 2 fully saturated rings. The number of carbonyl (C=O) groups is 2. The van der Waals surface area contributed by atoms with E-state index in [1.54, 1.807) is 23.1 Å². The summed E-state index contributed by atoms with van der Waals surface area (Å²) in [5.41, 5.74) is 0.433. The fourth-order valence-electron chi connectivity index (χ4n) is 3.29. The number of nitrogens with one attached hydrogen (secondary N) is 1. The monoisotopic (exact) mass is 348 g/mol. The van der Waals surface area contributed by atoms with Gasteiger partial charge >= 0.3 is 0 Å². The Morgan fingerprint density at radius 1 is 1.08 bits per heavy atom. The van der Waals surface area contributed by atoms with E-state index in [2.05, 4.69) is 5.32 Å². The predicted molar refractivity (Wildman–Crippen MR) is 85.3 cm³/mol. The van der Waals surface area contributed by atoms with Crippen LogP contribution in [0.15, 0.2) is 18.2 Å². The lowest BCUT2D eigenvalue weighted by Crippen LogP contribution is -2.49. The second-order valence-electron chi connectivity index (χ2n) is 6.24. The quantitative estimate of drug-likeness (QED) is 0.857. The summed E-state index contributed by atoms with van der Waals surface area (Å²) < 4.78 is 21.8. The van der Waals surface area contributed by atoms with Crippen molar-refractivity contribution in [2.45, 2.75) is 18.6 Å². The minimum Gasteiger partial charge on any atom is -0.454 e. The van der Waals surface area contributed by atoms with Gasteiger partial charge in [0.05, 0.1) is 19.8 Å². The molecule has 4 rings (SSSR count). The second kappa shape index (κ2) is 6.53. The molecule has 1 aromatic rings. The molecule has 2 amide bonds. The maximum atomic E-state index is 12.3. The van der Waals surface area contributed by atoms with Crippen molar-refractivity contribution in [2.75, 3.05) is 39.6 Å². The van der Waals surface area contributed by atoms with E-state index in [4.69, 9.17) is 18.9 Å². The summed E-state index contributed by atoms with van der Waals surface area (Å²) >= 11 is 0. The number of carbonyl (C=O) groups excluding carboxylic acids is 2. The number of benzene rings is 1. The smallest absolute Gasteiger partial charge is 0.251 e. The summed E-state index contributed by atoms with van der Waals surface area (Å²) in [5.74, 6) is 0.222. The summed E-state index contributed by atoms with van der Waals surface area (Å²) in [6.45, 7) is 2.47. The highest BCUT2D eigenvalue weighted by Gasteiger charge is 2.40. The molecule has 1 N–H and O–H groups in total. The van der Waals surface area contributed by atoms with Crippen molar-refractivity contribution in [2.24, 2.45) is 0 Å². The van der Waals surface area contributed by atoms with Gasteiger partial charge < -0.3 is 29.2 Å². The third kappa shape index (κ3) is 3.27. The molecule has 0 bridgehead atoms. The Balaban J connectivity index is 1.28. The average molecular weight is 348 g/mol. The van der Waals surface area contributed by atoms with E-state index >= 15 is 0 Å². The molecular weight excluding hydrogens is 328 g/mol. The number of likely N-dealkylation sites (tertiary alicyclic amines) is 1. The van der Waals surface area contributed by atoms with E-state index in [-0.39, 0.29) is 25.2 Å². The molecule has 8 nitrogen and oxygen atoms in total. The number of piperidine rings is 1. The number of hydrogen-bond acceptors (Lipinski definition) is 6. The Hall–Kier alpha value is -2.32. The highest BCUT2D eigenvalue weighted by Crippen LogP contribution is 2.33. The lowest BCUT2D eigenvalue weighted by molar-refractivity contribution is -0.187. The molecule has 134 valence electrons. The van der Waals surface area contributed by atoms with Crippen LogP contribution in [0.2, 0.25) is 0 Å². The molecule has 3 heterocycles. The summed E-state index contributed by atoms with van der Waals surface area (Å²) in [6.07, 6.45) is 1.32. The van der Waals surface area contributed by atoms with Crippen molar-refractivity contribution in [3.05, 3.63) is 23.8 Å². The molecule has 0 radical (unpaired) electrons. The number of nitrogens with zero attached hydrogens (tertiary/aromatic N) is 1. The van der Waals surface area contributed by atoms with Gasteiger partial charge in [0.15, 0.2) is 17.3 Å². The lowest BCUT2D eigenvalue weighted by atomic mass is 10.0. The van der Waals surface area contributed by atoms with Gasteiger partial charge in [0, 0.05) is 31.5 Å². The van der Waals surface area contributed by atoms with Gasteiger partial charge in [-0.25, -0.2) is 0 Å². The SMILES string of the molecule is O=C(NCC(=O)N1CCC2(CC1)OCCO2)c1ccc2c(c1)OCO2. The number of fused-ring (bicyclic) bond motifs is 1. The van der Waals surface area contributed by atoms with Gasteiger partial charge in [0.1, 0.15) is 0 Å². The highest BCUT2D eigenvalue weighted by atomic mass is 16.7. The number of hydrogen-bond donors (Lipinski definition) is 1. The maximum Gasteiger partial charge on any atom is 0.251 e.